The van der Waals surface area contributed by atoms with Crippen LogP contribution in [0.15, 0.2) is 29.1 Å². The molecule has 3 aromatic rings. The lowest BCUT2D eigenvalue weighted by atomic mass is 10.1. The number of H-pyrrole nitrogens is 1. The normalized spacial score (nSPS) is 11.1. The van der Waals surface area contributed by atoms with Crippen LogP contribution >= 0.6 is 35.4 Å². The van der Waals surface area contributed by atoms with Crippen LogP contribution < -0.4 is 5.56 Å². The zero-order valence-corrected chi connectivity index (χ0v) is 16.3. The minimum absolute atomic E-state index is 0.0592. The quantitative estimate of drug-likeness (QED) is 0.603. The molecule has 2 N–H and O–H groups in total. The number of aromatic amines is 1. The minimum Gasteiger partial charge on any atom is -0.478 e. The number of nitrogens with one attached hydrogen (secondary N) is 1. The number of hydrogen-bond acceptors (Lipinski definition) is 5. The van der Waals surface area contributed by atoms with Crippen molar-refractivity contribution in [3.8, 4) is 11.3 Å². The number of ether oxygens (including phenoxy) is 1. The van der Waals surface area contributed by atoms with Crippen molar-refractivity contribution in [2.45, 2.75) is 6.54 Å². The number of carboxylic acid groups (broad SMARTS) is 1. The van der Waals surface area contributed by atoms with Gasteiger partial charge in [0.2, 0.25) is 0 Å². The second kappa shape index (κ2) is 7.77. The molecule has 27 heavy (non-hydrogen) atoms. The van der Waals surface area contributed by atoms with Crippen molar-refractivity contribution in [2.24, 2.45) is 0 Å². The summed E-state index contributed by atoms with van der Waals surface area (Å²) >= 11 is 17.2. The van der Waals surface area contributed by atoms with Gasteiger partial charge in [0.05, 0.1) is 39.8 Å². The van der Waals surface area contributed by atoms with Crippen LogP contribution in [-0.2, 0) is 11.3 Å². The highest BCUT2D eigenvalue weighted by atomic mass is 35.5. The third-order valence-corrected chi connectivity index (χ3v) is 4.97. The van der Waals surface area contributed by atoms with E-state index in [1.165, 1.54) is 17.7 Å². The van der Waals surface area contributed by atoms with Crippen molar-refractivity contribution in [3.63, 3.8) is 0 Å². The Morgan fingerprint density at radius 1 is 1.33 bits per heavy atom. The molecule has 2 heterocycles. The van der Waals surface area contributed by atoms with E-state index in [9.17, 15) is 14.7 Å². The van der Waals surface area contributed by atoms with Crippen LogP contribution in [0.5, 0.6) is 0 Å². The van der Waals surface area contributed by atoms with Crippen molar-refractivity contribution in [1.82, 2.24) is 14.5 Å². The number of rotatable bonds is 5. The minimum atomic E-state index is -1.26. The second-order valence-corrected chi connectivity index (χ2v) is 6.79. The van der Waals surface area contributed by atoms with E-state index in [2.05, 4.69) is 9.97 Å². The number of hydrogen-bond donors (Lipinski definition) is 2. The molecule has 0 aliphatic carbocycles. The average molecular weight is 426 g/mol. The Morgan fingerprint density at radius 2 is 2.07 bits per heavy atom. The van der Waals surface area contributed by atoms with Gasteiger partial charge in [-0.05, 0) is 30.4 Å². The molecule has 0 aliphatic heterocycles. The summed E-state index contributed by atoms with van der Waals surface area (Å²) in [5.74, 6) is -1.26. The number of pyridine rings is 1. The first-order valence-electron chi connectivity index (χ1n) is 7.69. The Labute approximate surface area is 168 Å². The number of carboxylic acids is 1. The molecule has 0 aliphatic rings. The first kappa shape index (κ1) is 19.5. The smallest absolute Gasteiger partial charge is 0.336 e. The SMILES string of the molecule is COCCn1c(=S)[nH]c(=O)c2c(C(=O)O)cc(-c3ccc(Cl)c(Cl)c3)nc21. The number of methoxy groups -OCH3 is 1. The lowest BCUT2D eigenvalue weighted by Crippen LogP contribution is -2.20. The molecule has 0 amide bonds. The van der Waals surface area contributed by atoms with E-state index in [1.54, 1.807) is 18.2 Å². The highest BCUT2D eigenvalue weighted by Crippen LogP contribution is 2.29. The van der Waals surface area contributed by atoms with Gasteiger partial charge in [-0.25, -0.2) is 9.78 Å². The summed E-state index contributed by atoms with van der Waals surface area (Å²) in [5, 5.41) is 10.2. The number of aromatic carboxylic acids is 1. The molecule has 0 radical (unpaired) electrons. The third kappa shape index (κ3) is 3.74. The molecular formula is C17H13Cl2N3O4S. The predicted molar refractivity (Wildman–Crippen MR) is 105 cm³/mol. The summed E-state index contributed by atoms with van der Waals surface area (Å²) in [6, 6.07) is 6.14. The van der Waals surface area contributed by atoms with Gasteiger partial charge >= 0.3 is 5.97 Å². The molecule has 0 saturated heterocycles. The highest BCUT2D eigenvalue weighted by Gasteiger charge is 2.19. The molecule has 0 unspecified atom stereocenters. The molecule has 3 rings (SSSR count). The molecular weight excluding hydrogens is 413 g/mol. The van der Waals surface area contributed by atoms with Gasteiger partial charge in [-0.2, -0.15) is 0 Å². The van der Waals surface area contributed by atoms with E-state index in [4.69, 9.17) is 40.2 Å². The van der Waals surface area contributed by atoms with E-state index >= 15 is 0 Å². The molecule has 0 spiro atoms. The Kier molecular flexibility index (Phi) is 5.61. The van der Waals surface area contributed by atoms with Gasteiger partial charge in [-0.3, -0.25) is 9.78 Å². The van der Waals surface area contributed by atoms with E-state index in [1.807, 2.05) is 0 Å². The van der Waals surface area contributed by atoms with Gasteiger partial charge in [0.1, 0.15) is 5.65 Å². The van der Waals surface area contributed by atoms with Gasteiger partial charge in [-0.1, -0.05) is 29.3 Å². The van der Waals surface area contributed by atoms with E-state index < -0.39 is 11.5 Å². The Hall–Kier alpha value is -2.26. The first-order valence-corrected chi connectivity index (χ1v) is 8.85. The van der Waals surface area contributed by atoms with Gasteiger partial charge < -0.3 is 14.4 Å². The van der Waals surface area contributed by atoms with E-state index in [0.29, 0.717) is 34.5 Å². The number of carbonyl (C=O) groups is 1. The number of fused-ring (bicyclic) bond motifs is 1. The van der Waals surface area contributed by atoms with Crippen molar-refractivity contribution in [3.05, 3.63) is 55.0 Å². The van der Waals surface area contributed by atoms with Crippen molar-refractivity contribution >= 4 is 52.4 Å². The molecule has 1 aromatic carbocycles. The number of nitrogens with zero attached hydrogens (tertiary/aromatic N) is 2. The molecule has 2 aromatic heterocycles. The summed E-state index contributed by atoms with van der Waals surface area (Å²) in [6.45, 7) is 0.593. The molecule has 10 heteroatoms. The average Bonchev–Trinajstić information content (AvgIpc) is 2.62. The number of halogens is 2. The van der Waals surface area contributed by atoms with Crippen molar-refractivity contribution < 1.29 is 14.6 Å². The summed E-state index contributed by atoms with van der Waals surface area (Å²) in [6.07, 6.45) is 0. The largest absolute Gasteiger partial charge is 0.478 e. The van der Waals surface area contributed by atoms with Crippen molar-refractivity contribution in [2.75, 3.05) is 13.7 Å². The fourth-order valence-electron chi connectivity index (χ4n) is 2.64. The summed E-state index contributed by atoms with van der Waals surface area (Å²) < 4.78 is 6.72. The molecule has 7 nitrogen and oxygen atoms in total. The maximum absolute atomic E-state index is 12.4. The van der Waals surface area contributed by atoms with Crippen LogP contribution in [0.1, 0.15) is 10.4 Å². The van der Waals surface area contributed by atoms with Crippen LogP contribution in [0.2, 0.25) is 10.0 Å². The number of benzene rings is 1. The fourth-order valence-corrected chi connectivity index (χ4v) is 3.20. The van der Waals surface area contributed by atoms with Gasteiger partial charge in [-0.15, -0.1) is 0 Å². The lowest BCUT2D eigenvalue weighted by Gasteiger charge is -2.13. The van der Waals surface area contributed by atoms with Crippen molar-refractivity contribution in [1.29, 1.82) is 0 Å². The zero-order valence-electron chi connectivity index (χ0n) is 14.0. The molecule has 0 atom stereocenters. The summed E-state index contributed by atoms with van der Waals surface area (Å²) in [4.78, 5) is 31.2. The summed E-state index contributed by atoms with van der Waals surface area (Å²) in [5.41, 5.74) is 0.224. The van der Waals surface area contributed by atoms with Crippen LogP contribution in [-0.4, -0.2) is 39.3 Å². The van der Waals surface area contributed by atoms with Gasteiger partial charge in [0.15, 0.2) is 4.77 Å². The van der Waals surface area contributed by atoms with Crippen LogP contribution in [0.25, 0.3) is 22.3 Å². The highest BCUT2D eigenvalue weighted by molar-refractivity contribution is 7.71. The second-order valence-electron chi connectivity index (χ2n) is 5.59. The van der Waals surface area contributed by atoms with Gasteiger partial charge in [0.25, 0.3) is 5.56 Å². The fraction of sp³-hybridized carbons (Fsp3) is 0.176. The predicted octanol–water partition coefficient (Wildman–Crippen LogP) is 3.77. The third-order valence-electron chi connectivity index (χ3n) is 3.91. The van der Waals surface area contributed by atoms with Gasteiger partial charge in [0, 0.05) is 12.7 Å². The van der Waals surface area contributed by atoms with Crippen LogP contribution in [0.4, 0.5) is 0 Å². The van der Waals surface area contributed by atoms with E-state index in [0.717, 1.165) is 0 Å². The Balaban J connectivity index is 2.40. The summed E-state index contributed by atoms with van der Waals surface area (Å²) in [7, 11) is 1.52. The zero-order chi connectivity index (χ0) is 19.7. The van der Waals surface area contributed by atoms with Crippen LogP contribution in [0.3, 0.4) is 0 Å². The standard InChI is InChI=1S/C17H13Cl2N3O4S/c1-26-5-4-22-14-13(15(23)21-17(22)27)9(16(24)25)7-12(20-14)8-2-3-10(18)11(19)6-8/h2-3,6-7H,4-5H2,1H3,(H,24,25)(H,21,23,27). The maximum Gasteiger partial charge on any atom is 0.336 e. The Bertz CT molecular complexity index is 1170. The lowest BCUT2D eigenvalue weighted by molar-refractivity contribution is 0.0699. The van der Waals surface area contributed by atoms with Crippen LogP contribution in [0, 0.1) is 4.77 Å². The monoisotopic (exact) mass is 425 g/mol. The number of aromatic nitrogens is 3. The van der Waals surface area contributed by atoms with E-state index in [-0.39, 0.29) is 21.4 Å². The topological polar surface area (TPSA) is 97.2 Å². The first-order chi connectivity index (χ1) is 12.8. The molecule has 140 valence electrons. The molecule has 0 fully saturated rings. The molecule has 0 bridgehead atoms. The Morgan fingerprint density at radius 3 is 2.70 bits per heavy atom. The molecule has 0 saturated carbocycles. The maximum atomic E-state index is 12.4.